The SMILES string of the molecule is Cc1cc(N(C)C)c2c(C)ccc(C)c2n1. The second kappa shape index (κ2) is 3.78. The van der Waals surface area contributed by atoms with E-state index in [2.05, 4.69) is 56.0 Å². The molecule has 2 heteroatoms. The van der Waals surface area contributed by atoms with Crippen LogP contribution in [0.2, 0.25) is 0 Å². The summed E-state index contributed by atoms with van der Waals surface area (Å²) < 4.78 is 0. The molecule has 1 heterocycles. The van der Waals surface area contributed by atoms with Crippen LogP contribution in [0.1, 0.15) is 16.8 Å². The van der Waals surface area contributed by atoms with E-state index in [9.17, 15) is 0 Å². The van der Waals surface area contributed by atoms with E-state index in [1.54, 1.807) is 0 Å². The fourth-order valence-electron chi connectivity index (χ4n) is 2.09. The van der Waals surface area contributed by atoms with E-state index in [-0.39, 0.29) is 0 Å². The number of hydrogen-bond acceptors (Lipinski definition) is 2. The van der Waals surface area contributed by atoms with Crippen molar-refractivity contribution >= 4 is 16.6 Å². The maximum Gasteiger partial charge on any atom is 0.0757 e. The minimum absolute atomic E-state index is 1.07. The number of fused-ring (bicyclic) bond motifs is 1. The van der Waals surface area contributed by atoms with Gasteiger partial charge in [0.1, 0.15) is 0 Å². The zero-order valence-corrected chi connectivity index (χ0v) is 10.6. The molecule has 0 unspecified atom stereocenters. The van der Waals surface area contributed by atoms with Crippen molar-refractivity contribution in [2.45, 2.75) is 20.8 Å². The molecular weight excluding hydrogens is 196 g/mol. The molecule has 2 rings (SSSR count). The summed E-state index contributed by atoms with van der Waals surface area (Å²) in [7, 11) is 4.16. The Kier molecular flexibility index (Phi) is 2.58. The van der Waals surface area contributed by atoms with Crippen LogP contribution in [-0.4, -0.2) is 19.1 Å². The maximum atomic E-state index is 4.65. The van der Waals surface area contributed by atoms with Gasteiger partial charge in [0.05, 0.1) is 5.52 Å². The zero-order valence-electron chi connectivity index (χ0n) is 10.6. The van der Waals surface area contributed by atoms with Crippen molar-refractivity contribution in [1.29, 1.82) is 0 Å². The first-order valence-electron chi connectivity index (χ1n) is 5.55. The van der Waals surface area contributed by atoms with Crippen LogP contribution in [0.4, 0.5) is 5.69 Å². The van der Waals surface area contributed by atoms with Crippen molar-refractivity contribution < 1.29 is 0 Å². The van der Waals surface area contributed by atoms with Crippen LogP contribution in [0.15, 0.2) is 18.2 Å². The highest BCUT2D eigenvalue weighted by molar-refractivity contribution is 5.96. The Morgan fingerprint density at radius 2 is 1.62 bits per heavy atom. The van der Waals surface area contributed by atoms with Crippen LogP contribution in [-0.2, 0) is 0 Å². The summed E-state index contributed by atoms with van der Waals surface area (Å²) in [6, 6.07) is 6.46. The fraction of sp³-hybridized carbons (Fsp3) is 0.357. The predicted molar refractivity (Wildman–Crippen MR) is 70.3 cm³/mol. The molecule has 2 aromatic rings. The van der Waals surface area contributed by atoms with Gasteiger partial charge >= 0.3 is 0 Å². The normalized spacial score (nSPS) is 10.8. The monoisotopic (exact) mass is 214 g/mol. The third-order valence-electron chi connectivity index (χ3n) is 2.96. The molecule has 0 aliphatic carbocycles. The predicted octanol–water partition coefficient (Wildman–Crippen LogP) is 3.23. The van der Waals surface area contributed by atoms with Gasteiger partial charge in [0.2, 0.25) is 0 Å². The van der Waals surface area contributed by atoms with E-state index in [4.69, 9.17) is 0 Å². The second-order valence-electron chi connectivity index (χ2n) is 4.60. The van der Waals surface area contributed by atoms with Gasteiger partial charge in [0, 0.05) is 30.9 Å². The number of pyridine rings is 1. The summed E-state index contributed by atoms with van der Waals surface area (Å²) in [6.07, 6.45) is 0. The van der Waals surface area contributed by atoms with Gasteiger partial charge < -0.3 is 4.90 Å². The zero-order chi connectivity index (χ0) is 11.9. The third-order valence-corrected chi connectivity index (χ3v) is 2.96. The Balaban J connectivity index is 2.95. The molecule has 0 N–H and O–H groups in total. The van der Waals surface area contributed by atoms with E-state index < -0.39 is 0 Å². The molecule has 0 aliphatic rings. The molecule has 0 amide bonds. The van der Waals surface area contributed by atoms with Gasteiger partial charge in [-0.25, -0.2) is 0 Å². The van der Waals surface area contributed by atoms with Gasteiger partial charge in [-0.3, -0.25) is 4.98 Å². The quantitative estimate of drug-likeness (QED) is 0.724. The van der Waals surface area contributed by atoms with Crippen molar-refractivity contribution in [1.82, 2.24) is 4.98 Å². The van der Waals surface area contributed by atoms with Crippen molar-refractivity contribution in [3.8, 4) is 0 Å². The third kappa shape index (κ3) is 1.64. The van der Waals surface area contributed by atoms with Crippen LogP contribution in [0.5, 0.6) is 0 Å². The van der Waals surface area contributed by atoms with E-state index >= 15 is 0 Å². The number of anilines is 1. The Labute approximate surface area is 96.9 Å². The lowest BCUT2D eigenvalue weighted by atomic mass is 10.0. The Morgan fingerprint density at radius 1 is 1.00 bits per heavy atom. The Bertz CT molecular complexity index is 542. The lowest BCUT2D eigenvalue weighted by Gasteiger charge is -2.18. The lowest BCUT2D eigenvalue weighted by molar-refractivity contribution is 1.12. The average molecular weight is 214 g/mol. The number of hydrogen-bond donors (Lipinski definition) is 0. The van der Waals surface area contributed by atoms with Gasteiger partial charge in [0.25, 0.3) is 0 Å². The van der Waals surface area contributed by atoms with Crippen LogP contribution in [0.25, 0.3) is 10.9 Å². The minimum Gasteiger partial charge on any atom is -0.377 e. The van der Waals surface area contributed by atoms with Gasteiger partial charge in [-0.05, 0) is 38.0 Å². The largest absolute Gasteiger partial charge is 0.377 e. The number of nitrogens with zero attached hydrogens (tertiary/aromatic N) is 2. The molecule has 0 fully saturated rings. The van der Waals surface area contributed by atoms with Crippen LogP contribution >= 0.6 is 0 Å². The van der Waals surface area contributed by atoms with Crippen LogP contribution < -0.4 is 4.90 Å². The summed E-state index contributed by atoms with van der Waals surface area (Å²) in [6.45, 7) is 6.31. The van der Waals surface area contributed by atoms with E-state index in [1.165, 1.54) is 22.2 Å². The second-order valence-corrected chi connectivity index (χ2v) is 4.60. The summed E-state index contributed by atoms with van der Waals surface area (Å²) in [5.41, 5.74) is 5.99. The van der Waals surface area contributed by atoms with Crippen molar-refractivity contribution in [2.75, 3.05) is 19.0 Å². The fourth-order valence-corrected chi connectivity index (χ4v) is 2.09. The van der Waals surface area contributed by atoms with E-state index in [0.717, 1.165) is 11.2 Å². The Morgan fingerprint density at radius 3 is 2.25 bits per heavy atom. The highest BCUT2D eigenvalue weighted by atomic mass is 15.1. The van der Waals surface area contributed by atoms with Gasteiger partial charge in [-0.1, -0.05) is 12.1 Å². The highest BCUT2D eigenvalue weighted by Crippen LogP contribution is 2.30. The summed E-state index contributed by atoms with van der Waals surface area (Å²) in [5, 5.41) is 1.27. The smallest absolute Gasteiger partial charge is 0.0757 e. The molecular formula is C14H18N2. The molecule has 0 radical (unpaired) electrons. The number of aromatic nitrogens is 1. The summed E-state index contributed by atoms with van der Waals surface area (Å²) >= 11 is 0. The van der Waals surface area contributed by atoms with Crippen molar-refractivity contribution in [3.63, 3.8) is 0 Å². The standard InChI is InChI=1S/C14H18N2/c1-9-6-7-10(2)14-13(9)12(16(4)5)8-11(3)15-14/h6-8H,1-5H3. The van der Waals surface area contributed by atoms with Crippen LogP contribution in [0, 0.1) is 20.8 Å². The number of rotatable bonds is 1. The average Bonchev–Trinajstić information content (AvgIpc) is 2.22. The molecule has 84 valence electrons. The van der Waals surface area contributed by atoms with Crippen LogP contribution in [0.3, 0.4) is 0 Å². The molecule has 1 aromatic heterocycles. The molecule has 16 heavy (non-hydrogen) atoms. The first-order valence-corrected chi connectivity index (χ1v) is 5.55. The van der Waals surface area contributed by atoms with Crippen molar-refractivity contribution in [3.05, 3.63) is 35.0 Å². The molecule has 0 atom stereocenters. The Hall–Kier alpha value is -1.57. The van der Waals surface area contributed by atoms with Gasteiger partial charge in [0.15, 0.2) is 0 Å². The maximum absolute atomic E-state index is 4.65. The lowest BCUT2D eigenvalue weighted by Crippen LogP contribution is -2.10. The molecule has 0 spiro atoms. The number of benzene rings is 1. The minimum atomic E-state index is 1.07. The molecule has 1 aromatic carbocycles. The first-order chi connectivity index (χ1) is 7.50. The molecule has 2 nitrogen and oxygen atoms in total. The molecule has 0 bridgehead atoms. The first kappa shape index (κ1) is 10.9. The molecule has 0 aliphatic heterocycles. The van der Waals surface area contributed by atoms with Crippen molar-refractivity contribution in [2.24, 2.45) is 0 Å². The van der Waals surface area contributed by atoms with E-state index in [0.29, 0.717) is 0 Å². The van der Waals surface area contributed by atoms with Gasteiger partial charge in [-0.15, -0.1) is 0 Å². The number of aryl methyl sites for hydroxylation is 3. The van der Waals surface area contributed by atoms with Gasteiger partial charge in [-0.2, -0.15) is 0 Å². The van der Waals surface area contributed by atoms with E-state index in [1.807, 2.05) is 6.92 Å². The highest BCUT2D eigenvalue weighted by Gasteiger charge is 2.09. The topological polar surface area (TPSA) is 16.1 Å². The molecule has 0 saturated heterocycles. The summed E-state index contributed by atoms with van der Waals surface area (Å²) in [5.74, 6) is 0. The summed E-state index contributed by atoms with van der Waals surface area (Å²) in [4.78, 5) is 6.81. The molecule has 0 saturated carbocycles.